The van der Waals surface area contributed by atoms with Crippen molar-refractivity contribution in [2.75, 3.05) is 77.4 Å². The van der Waals surface area contributed by atoms with E-state index in [1.807, 2.05) is 60.0 Å². The van der Waals surface area contributed by atoms with Crippen LogP contribution in [0.4, 0.5) is 15.3 Å². The Bertz CT molecular complexity index is 1620. The topological polar surface area (TPSA) is 135 Å². The normalized spacial score (nSPS) is 19.3. The number of likely N-dealkylation sites (tertiary alicyclic amines) is 2. The zero-order chi connectivity index (χ0) is 38.9. The number of amides is 4. The van der Waals surface area contributed by atoms with Crippen molar-refractivity contribution in [1.29, 1.82) is 0 Å². The predicted octanol–water partition coefficient (Wildman–Crippen LogP) is 5.59. The fraction of sp³-hybridized carbons (Fsp3) is 0.628. The molecule has 2 aromatic carbocycles. The van der Waals surface area contributed by atoms with E-state index in [2.05, 4.69) is 22.0 Å². The van der Waals surface area contributed by atoms with Crippen molar-refractivity contribution in [1.82, 2.24) is 24.5 Å². The molecule has 56 heavy (non-hydrogen) atoms. The van der Waals surface area contributed by atoms with Gasteiger partial charge in [0.2, 0.25) is 0 Å². The molecule has 6 rings (SSSR count). The summed E-state index contributed by atoms with van der Waals surface area (Å²) in [6, 6.07) is 11.8. The van der Waals surface area contributed by atoms with E-state index in [0.29, 0.717) is 75.9 Å². The molecular weight excluding hydrogens is 713 g/mol. The molecular formula is C43H64N6O7. The summed E-state index contributed by atoms with van der Waals surface area (Å²) in [5, 5.41) is 13.4. The second-order valence-electron chi connectivity index (χ2n) is 15.7. The third kappa shape index (κ3) is 10.9. The van der Waals surface area contributed by atoms with Crippen molar-refractivity contribution < 1.29 is 33.8 Å². The number of rotatable bonds is 12. The lowest BCUT2D eigenvalue weighted by Gasteiger charge is -2.43. The number of esters is 1. The maximum absolute atomic E-state index is 14.2. The molecule has 2 aromatic rings. The minimum Gasteiger partial charge on any atom is -0.507 e. The zero-order valence-corrected chi connectivity index (χ0v) is 33.0. The first-order valence-corrected chi connectivity index (χ1v) is 20.4. The molecule has 3 fully saturated rings. The number of unbranched alkanes of at least 4 members (excludes halogenated alkanes) is 2. The molecule has 4 amide bonds. The van der Waals surface area contributed by atoms with E-state index >= 15 is 0 Å². The van der Waals surface area contributed by atoms with Gasteiger partial charge in [0.25, 0.3) is 5.91 Å². The lowest BCUT2D eigenvalue weighted by molar-refractivity contribution is -0.145. The summed E-state index contributed by atoms with van der Waals surface area (Å²) in [5.41, 5.74) is 4.20. The van der Waals surface area contributed by atoms with Gasteiger partial charge in [-0.2, -0.15) is 0 Å². The molecule has 13 nitrogen and oxygen atoms in total. The van der Waals surface area contributed by atoms with Crippen molar-refractivity contribution in [2.45, 2.75) is 104 Å². The van der Waals surface area contributed by atoms with Gasteiger partial charge < -0.3 is 34.6 Å². The van der Waals surface area contributed by atoms with Crippen LogP contribution in [0.3, 0.4) is 0 Å². The number of carbonyl (C=O) groups excluding carboxylic acids is 4. The summed E-state index contributed by atoms with van der Waals surface area (Å²) in [6.07, 6.45) is 5.42. The first kappa shape index (κ1) is 42.8. The molecule has 0 radical (unpaired) electrons. The molecule has 0 saturated carbocycles. The highest BCUT2D eigenvalue weighted by atomic mass is 16.6. The van der Waals surface area contributed by atoms with Crippen LogP contribution in [0.15, 0.2) is 36.4 Å². The maximum atomic E-state index is 14.2. The van der Waals surface area contributed by atoms with Crippen molar-refractivity contribution in [2.24, 2.45) is 0 Å². The minimum atomic E-state index is -1.01. The molecule has 308 valence electrons. The van der Waals surface area contributed by atoms with E-state index in [-0.39, 0.29) is 43.5 Å². The number of anilines is 1. The van der Waals surface area contributed by atoms with Crippen LogP contribution in [0.1, 0.15) is 81.5 Å². The first-order chi connectivity index (χ1) is 26.6. The molecule has 4 aliphatic rings. The highest BCUT2D eigenvalue weighted by molar-refractivity contribution is 5.91. The highest BCUT2D eigenvalue weighted by Gasteiger charge is 2.37. The summed E-state index contributed by atoms with van der Waals surface area (Å²) in [5.74, 6) is -0.130. The Morgan fingerprint density at radius 2 is 1.50 bits per heavy atom. The summed E-state index contributed by atoms with van der Waals surface area (Å²) in [6.45, 7) is 12.6. The number of nitrogens with one attached hydrogen (secondary N) is 1. The van der Waals surface area contributed by atoms with Crippen LogP contribution < -0.4 is 5.32 Å². The number of para-hydroxylation sites is 1. The summed E-state index contributed by atoms with van der Waals surface area (Å²) >= 11 is 0. The van der Waals surface area contributed by atoms with Crippen molar-refractivity contribution in [3.8, 4) is 5.75 Å². The van der Waals surface area contributed by atoms with Crippen LogP contribution in [0.25, 0.3) is 0 Å². The monoisotopic (exact) mass is 776 g/mol. The standard InChI is InChI=1S/C42H60N6O7.CH4/c1-4-5-8-25-54-38(49)29-44-21-23-45(24-22-44)34-12-16-46(17-13-34)40(51)37(28-32-26-30(2)39(50)31(3)27-32)55-42(53)47-18-14-35(15-19-47)48-20-11-33-9-6-7-10-36(33)43-41(48)52;/h6-7,9-10,26-27,34-35,37,50H,4-5,8,11-25,28-29H2,1-3H3,(H,43,52);1H4/t37-;/m1./s1. The van der Waals surface area contributed by atoms with E-state index in [4.69, 9.17) is 9.47 Å². The van der Waals surface area contributed by atoms with E-state index in [1.165, 1.54) is 0 Å². The molecule has 2 N–H and O–H groups in total. The summed E-state index contributed by atoms with van der Waals surface area (Å²) in [7, 11) is 0. The number of benzene rings is 2. The molecule has 3 saturated heterocycles. The van der Waals surface area contributed by atoms with Crippen LogP contribution in [0, 0.1) is 13.8 Å². The Labute approximate surface area is 333 Å². The van der Waals surface area contributed by atoms with E-state index < -0.39 is 12.2 Å². The Hall–Kier alpha value is -4.36. The van der Waals surface area contributed by atoms with Gasteiger partial charge >= 0.3 is 18.1 Å². The van der Waals surface area contributed by atoms with Gasteiger partial charge in [0.05, 0.1) is 13.2 Å². The number of hydrogen-bond donors (Lipinski definition) is 2. The predicted molar refractivity (Wildman–Crippen MR) is 217 cm³/mol. The molecule has 4 aliphatic heterocycles. The van der Waals surface area contributed by atoms with Crippen molar-refractivity contribution in [3.63, 3.8) is 0 Å². The number of piperidine rings is 2. The number of aromatic hydroxyl groups is 1. The van der Waals surface area contributed by atoms with Gasteiger partial charge in [-0.3, -0.25) is 19.4 Å². The van der Waals surface area contributed by atoms with Gasteiger partial charge in [-0.1, -0.05) is 57.5 Å². The number of ether oxygens (including phenoxy) is 2. The lowest BCUT2D eigenvalue weighted by Crippen LogP contribution is -2.55. The van der Waals surface area contributed by atoms with Crippen LogP contribution in [-0.4, -0.2) is 144 Å². The molecule has 0 bridgehead atoms. The van der Waals surface area contributed by atoms with Crippen LogP contribution in [-0.2, 0) is 31.9 Å². The molecule has 0 aliphatic carbocycles. The van der Waals surface area contributed by atoms with Crippen LogP contribution in [0.5, 0.6) is 5.75 Å². The number of aryl methyl sites for hydroxylation is 2. The van der Waals surface area contributed by atoms with Gasteiger partial charge in [0.1, 0.15) is 5.75 Å². The average molecular weight is 777 g/mol. The number of phenolic OH excluding ortho intramolecular Hbond substituents is 1. The fourth-order valence-corrected chi connectivity index (χ4v) is 8.56. The molecule has 0 unspecified atom stereocenters. The van der Waals surface area contributed by atoms with E-state index in [9.17, 15) is 24.3 Å². The molecule has 1 atom stereocenters. The quantitative estimate of drug-likeness (QED) is 0.209. The number of fused-ring (bicyclic) bond motifs is 1. The Morgan fingerprint density at radius 1 is 0.857 bits per heavy atom. The summed E-state index contributed by atoms with van der Waals surface area (Å²) < 4.78 is 11.5. The van der Waals surface area contributed by atoms with Gasteiger partial charge in [0.15, 0.2) is 6.10 Å². The maximum Gasteiger partial charge on any atom is 0.410 e. The van der Waals surface area contributed by atoms with Gasteiger partial charge in [0, 0.05) is 83.1 Å². The van der Waals surface area contributed by atoms with Gasteiger partial charge in [-0.05, 0) is 80.7 Å². The Kier molecular flexibility index (Phi) is 15.4. The van der Waals surface area contributed by atoms with Crippen molar-refractivity contribution >= 4 is 29.7 Å². The minimum absolute atomic E-state index is 0. The summed E-state index contributed by atoms with van der Waals surface area (Å²) in [4.78, 5) is 63.3. The van der Waals surface area contributed by atoms with E-state index in [0.717, 1.165) is 81.5 Å². The molecule has 13 heteroatoms. The highest BCUT2D eigenvalue weighted by Crippen LogP contribution is 2.28. The molecule has 0 spiro atoms. The Morgan fingerprint density at radius 3 is 2.18 bits per heavy atom. The number of nitrogens with zero attached hydrogens (tertiary/aromatic N) is 5. The second-order valence-corrected chi connectivity index (χ2v) is 15.7. The number of hydrogen-bond acceptors (Lipinski definition) is 9. The lowest BCUT2D eigenvalue weighted by atomic mass is 9.98. The molecule has 0 aromatic heterocycles. The SMILES string of the molecule is C.CCCCCOC(=O)CN1CCN(C2CCN(C(=O)[C@@H](Cc3cc(C)c(O)c(C)c3)OC(=O)N3CCC(N4CCc5ccccc5NC4=O)CC3)CC2)CC1. The Balaban J connectivity index is 0.00000600. The van der Waals surface area contributed by atoms with E-state index in [1.54, 1.807) is 4.90 Å². The fourth-order valence-electron chi connectivity index (χ4n) is 8.56. The first-order valence-electron chi connectivity index (χ1n) is 20.4. The average Bonchev–Trinajstić information content (AvgIpc) is 3.36. The third-order valence-corrected chi connectivity index (χ3v) is 11.9. The number of urea groups is 1. The van der Waals surface area contributed by atoms with Crippen LogP contribution in [0.2, 0.25) is 0 Å². The second kappa shape index (κ2) is 20.2. The zero-order valence-electron chi connectivity index (χ0n) is 33.0. The number of carbonyl (C=O) groups is 4. The smallest absolute Gasteiger partial charge is 0.410 e. The van der Waals surface area contributed by atoms with Crippen LogP contribution >= 0.6 is 0 Å². The third-order valence-electron chi connectivity index (χ3n) is 11.9. The number of piperazine rings is 1. The van der Waals surface area contributed by atoms with Gasteiger partial charge in [-0.15, -0.1) is 0 Å². The molecule has 4 heterocycles. The largest absolute Gasteiger partial charge is 0.507 e. The van der Waals surface area contributed by atoms with Gasteiger partial charge in [-0.25, -0.2) is 9.59 Å². The van der Waals surface area contributed by atoms with Crippen molar-refractivity contribution in [3.05, 3.63) is 58.7 Å². The number of phenols is 1.